The Balaban J connectivity index is 1.93. The van der Waals surface area contributed by atoms with Gasteiger partial charge >= 0.3 is 0 Å². The summed E-state index contributed by atoms with van der Waals surface area (Å²) in [4.78, 5) is 7.56. The number of aromatic amines is 1. The van der Waals surface area contributed by atoms with E-state index in [1.807, 2.05) is 25.1 Å². The van der Waals surface area contributed by atoms with Crippen molar-refractivity contribution in [2.45, 2.75) is 6.92 Å². The number of halogens is 1. The minimum absolute atomic E-state index is 0.676. The van der Waals surface area contributed by atoms with Gasteiger partial charge in [-0.1, -0.05) is 22.0 Å². The van der Waals surface area contributed by atoms with Crippen molar-refractivity contribution in [1.29, 1.82) is 0 Å². The van der Waals surface area contributed by atoms with Crippen molar-refractivity contribution in [1.82, 2.24) is 9.97 Å². The number of benzene rings is 1. The molecule has 0 atom stereocenters. The topological polar surface area (TPSA) is 41.8 Å². The van der Waals surface area contributed by atoms with Crippen molar-refractivity contribution in [3.63, 3.8) is 0 Å². The molecule has 0 saturated carbocycles. The van der Waals surface area contributed by atoms with Crippen LogP contribution in [-0.2, 0) is 0 Å². The van der Waals surface area contributed by atoms with Gasteiger partial charge in [-0.15, -0.1) is 0 Å². The number of H-pyrrole nitrogens is 1. The number of nitrogens with one attached hydrogen (secondary N) is 1. The molecule has 90 valence electrons. The van der Waals surface area contributed by atoms with Crippen LogP contribution in [0.4, 0.5) is 0 Å². The van der Waals surface area contributed by atoms with E-state index in [-0.39, 0.29) is 0 Å². The highest BCUT2D eigenvalue weighted by Crippen LogP contribution is 2.21. The minimum Gasteiger partial charge on any atom is -0.449 e. The standard InChI is InChI=1S/C14H11BrN2O/c1-9-16-13(8-18-9)5-4-12-6-10-2-3-11(15)7-14(10)17-12/h2-8,17H,1H3. The van der Waals surface area contributed by atoms with Gasteiger partial charge in [0.2, 0.25) is 0 Å². The molecule has 18 heavy (non-hydrogen) atoms. The smallest absolute Gasteiger partial charge is 0.191 e. The van der Waals surface area contributed by atoms with Crippen LogP contribution in [0.25, 0.3) is 23.1 Å². The van der Waals surface area contributed by atoms with Crippen LogP contribution in [0.3, 0.4) is 0 Å². The molecule has 0 aliphatic heterocycles. The van der Waals surface area contributed by atoms with Gasteiger partial charge in [0, 0.05) is 28.0 Å². The van der Waals surface area contributed by atoms with Crippen LogP contribution in [0.5, 0.6) is 0 Å². The minimum atomic E-state index is 0.676. The molecular weight excluding hydrogens is 292 g/mol. The van der Waals surface area contributed by atoms with Crippen molar-refractivity contribution in [3.8, 4) is 0 Å². The average molecular weight is 303 g/mol. The predicted octanol–water partition coefficient (Wildman–Crippen LogP) is 4.40. The number of oxazole rings is 1. The Morgan fingerprint density at radius 2 is 2.17 bits per heavy atom. The fourth-order valence-corrected chi connectivity index (χ4v) is 2.20. The summed E-state index contributed by atoms with van der Waals surface area (Å²) in [6, 6.07) is 8.27. The summed E-state index contributed by atoms with van der Waals surface area (Å²) >= 11 is 3.46. The first-order valence-corrected chi connectivity index (χ1v) is 6.38. The third-order valence-corrected chi connectivity index (χ3v) is 3.17. The van der Waals surface area contributed by atoms with Crippen LogP contribution in [-0.4, -0.2) is 9.97 Å². The lowest BCUT2D eigenvalue weighted by Gasteiger charge is -1.89. The third kappa shape index (κ3) is 2.24. The molecule has 3 nitrogen and oxygen atoms in total. The lowest BCUT2D eigenvalue weighted by atomic mass is 10.2. The summed E-state index contributed by atoms with van der Waals surface area (Å²) in [5.41, 5.74) is 2.98. The molecule has 1 aromatic carbocycles. The largest absolute Gasteiger partial charge is 0.449 e. The zero-order valence-corrected chi connectivity index (χ0v) is 11.4. The van der Waals surface area contributed by atoms with E-state index in [2.05, 4.69) is 44.1 Å². The zero-order valence-electron chi connectivity index (χ0n) is 9.77. The Morgan fingerprint density at radius 1 is 1.28 bits per heavy atom. The van der Waals surface area contributed by atoms with Crippen LogP contribution >= 0.6 is 15.9 Å². The quantitative estimate of drug-likeness (QED) is 0.762. The summed E-state index contributed by atoms with van der Waals surface area (Å²) in [5.74, 6) is 0.676. The first-order chi connectivity index (χ1) is 8.70. The van der Waals surface area contributed by atoms with E-state index in [0.29, 0.717) is 5.89 Å². The van der Waals surface area contributed by atoms with E-state index in [0.717, 1.165) is 21.4 Å². The molecule has 0 aliphatic carbocycles. The monoisotopic (exact) mass is 302 g/mol. The number of aryl methyl sites for hydroxylation is 1. The van der Waals surface area contributed by atoms with Crippen molar-refractivity contribution < 1.29 is 4.42 Å². The molecule has 3 rings (SSSR count). The first kappa shape index (κ1) is 11.3. The third-order valence-electron chi connectivity index (χ3n) is 2.68. The Kier molecular flexibility index (Phi) is 2.80. The van der Waals surface area contributed by atoms with Crippen molar-refractivity contribution in [3.05, 3.63) is 52.3 Å². The fraction of sp³-hybridized carbons (Fsp3) is 0.0714. The van der Waals surface area contributed by atoms with Crippen molar-refractivity contribution in [2.75, 3.05) is 0 Å². The van der Waals surface area contributed by atoms with Crippen LogP contribution in [0.1, 0.15) is 17.3 Å². The van der Waals surface area contributed by atoms with Crippen LogP contribution in [0, 0.1) is 6.92 Å². The molecule has 0 spiro atoms. The van der Waals surface area contributed by atoms with Crippen LogP contribution < -0.4 is 0 Å². The van der Waals surface area contributed by atoms with E-state index < -0.39 is 0 Å². The van der Waals surface area contributed by atoms with Gasteiger partial charge in [-0.2, -0.15) is 0 Å². The van der Waals surface area contributed by atoms with E-state index in [4.69, 9.17) is 4.42 Å². The SMILES string of the molecule is Cc1nc(C=Cc2cc3ccc(Br)cc3[nH]2)co1. The number of fused-ring (bicyclic) bond motifs is 1. The highest BCUT2D eigenvalue weighted by atomic mass is 79.9. The lowest BCUT2D eigenvalue weighted by molar-refractivity contribution is 0.521. The fourth-order valence-electron chi connectivity index (χ4n) is 1.84. The molecule has 3 aromatic rings. The summed E-state index contributed by atoms with van der Waals surface area (Å²) in [6.07, 6.45) is 5.56. The maximum absolute atomic E-state index is 5.15. The number of rotatable bonds is 2. The molecule has 0 fully saturated rings. The Bertz CT molecular complexity index is 724. The molecule has 0 saturated heterocycles. The summed E-state index contributed by atoms with van der Waals surface area (Å²) in [7, 11) is 0. The van der Waals surface area contributed by atoms with E-state index in [1.165, 1.54) is 5.39 Å². The van der Waals surface area contributed by atoms with E-state index in [9.17, 15) is 0 Å². The van der Waals surface area contributed by atoms with Gasteiger partial charge in [0.1, 0.15) is 12.0 Å². The maximum Gasteiger partial charge on any atom is 0.191 e. The van der Waals surface area contributed by atoms with Gasteiger partial charge < -0.3 is 9.40 Å². The molecule has 1 N–H and O–H groups in total. The van der Waals surface area contributed by atoms with Gasteiger partial charge in [0.25, 0.3) is 0 Å². The number of hydrogen-bond acceptors (Lipinski definition) is 2. The second-order valence-electron chi connectivity index (χ2n) is 4.08. The van der Waals surface area contributed by atoms with Gasteiger partial charge in [-0.05, 0) is 30.4 Å². The van der Waals surface area contributed by atoms with Gasteiger partial charge in [-0.25, -0.2) is 4.98 Å². The predicted molar refractivity (Wildman–Crippen MR) is 76.2 cm³/mol. The Morgan fingerprint density at radius 3 is 2.94 bits per heavy atom. The molecule has 0 amide bonds. The lowest BCUT2D eigenvalue weighted by Crippen LogP contribution is -1.73. The van der Waals surface area contributed by atoms with Crippen molar-refractivity contribution >= 4 is 39.0 Å². The van der Waals surface area contributed by atoms with Crippen molar-refractivity contribution in [2.24, 2.45) is 0 Å². The molecule has 0 aliphatic rings. The molecule has 0 bridgehead atoms. The highest BCUT2D eigenvalue weighted by molar-refractivity contribution is 9.10. The normalized spacial score (nSPS) is 11.7. The summed E-state index contributed by atoms with van der Waals surface area (Å²) in [6.45, 7) is 1.83. The molecule has 0 unspecified atom stereocenters. The highest BCUT2D eigenvalue weighted by Gasteiger charge is 1.99. The zero-order chi connectivity index (χ0) is 12.5. The summed E-state index contributed by atoms with van der Waals surface area (Å²) in [5, 5.41) is 1.19. The maximum atomic E-state index is 5.15. The number of aromatic nitrogens is 2. The molecule has 4 heteroatoms. The summed E-state index contributed by atoms with van der Waals surface area (Å²) < 4.78 is 6.22. The molecule has 2 aromatic heterocycles. The van der Waals surface area contributed by atoms with Crippen LogP contribution in [0.15, 0.2) is 39.4 Å². The molecule has 2 heterocycles. The van der Waals surface area contributed by atoms with Gasteiger partial charge in [0.05, 0.1) is 0 Å². The van der Waals surface area contributed by atoms with Crippen LogP contribution in [0.2, 0.25) is 0 Å². The Hall–Kier alpha value is -1.81. The van der Waals surface area contributed by atoms with Gasteiger partial charge in [-0.3, -0.25) is 0 Å². The second-order valence-corrected chi connectivity index (χ2v) is 5.00. The second kappa shape index (κ2) is 4.46. The number of nitrogens with zero attached hydrogens (tertiary/aromatic N) is 1. The van der Waals surface area contributed by atoms with E-state index >= 15 is 0 Å². The Labute approximate surface area is 113 Å². The first-order valence-electron chi connectivity index (χ1n) is 5.59. The average Bonchev–Trinajstić information content (AvgIpc) is 2.92. The molecular formula is C14H11BrN2O. The molecule has 0 radical (unpaired) electrons. The number of hydrogen-bond donors (Lipinski definition) is 1. The van der Waals surface area contributed by atoms with E-state index in [1.54, 1.807) is 6.26 Å². The van der Waals surface area contributed by atoms with Gasteiger partial charge in [0.15, 0.2) is 5.89 Å².